The molecule has 0 bridgehead atoms. The van der Waals surface area contributed by atoms with Crippen LogP contribution in [0.1, 0.15) is 25.7 Å². The summed E-state index contributed by atoms with van der Waals surface area (Å²) in [4.78, 5) is 26.4. The molecule has 6 heteroatoms. The van der Waals surface area contributed by atoms with Crippen LogP contribution in [0.25, 0.3) is 0 Å². The molecule has 23 heavy (non-hydrogen) atoms. The molecule has 3 aliphatic rings. The van der Waals surface area contributed by atoms with E-state index in [1.165, 1.54) is 12.8 Å². The Bertz CT molecular complexity index is 557. The quantitative estimate of drug-likeness (QED) is 0.879. The SMILES string of the molecule is O=C(N1CCCCCC1)[C@@]12CNC[C@@H]1CN(c1ncccn1)C2. The van der Waals surface area contributed by atoms with E-state index in [4.69, 9.17) is 0 Å². The van der Waals surface area contributed by atoms with Gasteiger partial charge in [0.2, 0.25) is 11.9 Å². The lowest BCUT2D eigenvalue weighted by atomic mass is 9.79. The van der Waals surface area contributed by atoms with Gasteiger partial charge in [-0.25, -0.2) is 9.97 Å². The summed E-state index contributed by atoms with van der Waals surface area (Å²) in [6.07, 6.45) is 8.34. The number of nitrogens with zero attached hydrogens (tertiary/aromatic N) is 4. The summed E-state index contributed by atoms with van der Waals surface area (Å²) >= 11 is 0. The van der Waals surface area contributed by atoms with Crippen molar-refractivity contribution in [2.45, 2.75) is 25.7 Å². The van der Waals surface area contributed by atoms with Crippen LogP contribution in [-0.2, 0) is 4.79 Å². The van der Waals surface area contributed by atoms with E-state index < -0.39 is 0 Å². The highest BCUT2D eigenvalue weighted by Crippen LogP contribution is 2.41. The van der Waals surface area contributed by atoms with Gasteiger partial charge in [0.15, 0.2) is 0 Å². The predicted molar refractivity (Wildman–Crippen MR) is 88.1 cm³/mol. The van der Waals surface area contributed by atoms with Gasteiger partial charge in [0, 0.05) is 57.6 Å². The zero-order valence-electron chi connectivity index (χ0n) is 13.6. The first-order valence-electron chi connectivity index (χ1n) is 8.82. The number of likely N-dealkylation sites (tertiary alicyclic amines) is 1. The number of hydrogen-bond acceptors (Lipinski definition) is 5. The summed E-state index contributed by atoms with van der Waals surface area (Å²) in [6, 6.07) is 1.83. The van der Waals surface area contributed by atoms with Crippen LogP contribution in [0.4, 0.5) is 5.95 Å². The van der Waals surface area contributed by atoms with Crippen LogP contribution < -0.4 is 10.2 Å². The lowest BCUT2D eigenvalue weighted by Crippen LogP contribution is -2.49. The molecule has 124 valence electrons. The molecule has 0 unspecified atom stereocenters. The Kier molecular flexibility index (Phi) is 3.93. The molecule has 6 nitrogen and oxygen atoms in total. The Morgan fingerprint density at radius 3 is 2.65 bits per heavy atom. The third kappa shape index (κ3) is 2.59. The van der Waals surface area contributed by atoms with Gasteiger partial charge in [-0.1, -0.05) is 12.8 Å². The van der Waals surface area contributed by atoms with Crippen LogP contribution in [0.2, 0.25) is 0 Å². The topological polar surface area (TPSA) is 61.4 Å². The fourth-order valence-corrected chi connectivity index (χ4v) is 4.42. The standard InChI is InChI=1S/C17H25N5O/c23-15(21-8-3-1-2-4-9-21)17-12-18-10-14(17)11-22(13-17)16-19-6-5-7-20-16/h5-7,14,18H,1-4,8-13H2/t14-,17-/m1/s1. The first-order valence-corrected chi connectivity index (χ1v) is 8.82. The number of aromatic nitrogens is 2. The molecule has 0 aromatic carbocycles. The maximum atomic E-state index is 13.4. The Morgan fingerprint density at radius 2 is 1.91 bits per heavy atom. The fraction of sp³-hybridized carbons (Fsp3) is 0.706. The van der Waals surface area contributed by atoms with Crippen molar-refractivity contribution >= 4 is 11.9 Å². The number of nitrogens with one attached hydrogen (secondary N) is 1. The zero-order chi connectivity index (χ0) is 15.7. The van der Waals surface area contributed by atoms with Crippen molar-refractivity contribution < 1.29 is 4.79 Å². The molecule has 0 spiro atoms. The van der Waals surface area contributed by atoms with Crippen molar-refractivity contribution in [3.05, 3.63) is 18.5 Å². The molecule has 0 radical (unpaired) electrons. The summed E-state index contributed by atoms with van der Waals surface area (Å²) in [7, 11) is 0. The lowest BCUT2D eigenvalue weighted by Gasteiger charge is -2.33. The van der Waals surface area contributed by atoms with E-state index in [1.807, 2.05) is 6.07 Å². The van der Waals surface area contributed by atoms with Gasteiger partial charge in [-0.2, -0.15) is 0 Å². The minimum atomic E-state index is -0.288. The molecule has 1 N–H and O–H groups in total. The van der Waals surface area contributed by atoms with Gasteiger partial charge in [0.1, 0.15) is 0 Å². The van der Waals surface area contributed by atoms with Crippen molar-refractivity contribution in [1.82, 2.24) is 20.2 Å². The van der Waals surface area contributed by atoms with Gasteiger partial charge in [-0.15, -0.1) is 0 Å². The number of carbonyl (C=O) groups excluding carboxylic acids is 1. The first kappa shape index (κ1) is 14.9. The fourth-order valence-electron chi connectivity index (χ4n) is 4.42. The highest BCUT2D eigenvalue weighted by molar-refractivity contribution is 5.85. The maximum absolute atomic E-state index is 13.4. The van der Waals surface area contributed by atoms with E-state index in [0.717, 1.165) is 58.1 Å². The second-order valence-electron chi connectivity index (χ2n) is 7.12. The number of amides is 1. The summed E-state index contributed by atoms with van der Waals surface area (Å²) in [6.45, 7) is 5.17. The molecule has 4 rings (SSSR count). The highest BCUT2D eigenvalue weighted by Gasteiger charge is 2.56. The molecule has 1 amide bonds. The summed E-state index contributed by atoms with van der Waals surface area (Å²) in [5, 5.41) is 3.46. The monoisotopic (exact) mass is 315 g/mol. The van der Waals surface area contributed by atoms with E-state index in [9.17, 15) is 4.79 Å². The van der Waals surface area contributed by atoms with E-state index in [2.05, 4.69) is 25.1 Å². The molecule has 0 saturated carbocycles. The average molecular weight is 315 g/mol. The third-order valence-corrected chi connectivity index (χ3v) is 5.68. The summed E-state index contributed by atoms with van der Waals surface area (Å²) in [5.74, 6) is 1.47. The van der Waals surface area contributed by atoms with Gasteiger partial charge in [-0.05, 0) is 18.9 Å². The average Bonchev–Trinajstić information content (AvgIpc) is 3.02. The molecule has 1 aromatic rings. The second kappa shape index (κ2) is 6.07. The molecule has 3 saturated heterocycles. The van der Waals surface area contributed by atoms with Crippen LogP contribution in [0.3, 0.4) is 0 Å². The molecule has 3 fully saturated rings. The smallest absolute Gasteiger partial charge is 0.232 e. The van der Waals surface area contributed by atoms with E-state index in [-0.39, 0.29) is 5.41 Å². The van der Waals surface area contributed by atoms with Gasteiger partial charge in [-0.3, -0.25) is 4.79 Å². The number of anilines is 1. The van der Waals surface area contributed by atoms with Crippen LogP contribution in [0, 0.1) is 11.3 Å². The summed E-state index contributed by atoms with van der Waals surface area (Å²) in [5.41, 5.74) is -0.288. The molecule has 1 aromatic heterocycles. The number of rotatable bonds is 2. The van der Waals surface area contributed by atoms with E-state index in [0.29, 0.717) is 11.8 Å². The van der Waals surface area contributed by atoms with Crippen molar-refractivity contribution in [2.24, 2.45) is 11.3 Å². The Morgan fingerprint density at radius 1 is 1.17 bits per heavy atom. The summed E-state index contributed by atoms with van der Waals surface area (Å²) < 4.78 is 0. The predicted octanol–water partition coefficient (Wildman–Crippen LogP) is 0.905. The number of carbonyl (C=O) groups is 1. The lowest BCUT2D eigenvalue weighted by molar-refractivity contribution is -0.141. The van der Waals surface area contributed by atoms with Crippen molar-refractivity contribution in [3.63, 3.8) is 0 Å². The number of hydrogen-bond donors (Lipinski definition) is 1. The largest absolute Gasteiger partial charge is 0.342 e. The zero-order valence-corrected chi connectivity index (χ0v) is 13.6. The van der Waals surface area contributed by atoms with Gasteiger partial charge in [0.05, 0.1) is 5.41 Å². The second-order valence-corrected chi connectivity index (χ2v) is 7.12. The molecule has 3 aliphatic heterocycles. The van der Waals surface area contributed by atoms with Crippen LogP contribution in [-0.4, -0.2) is 60.0 Å². The molecule has 2 atom stereocenters. The van der Waals surface area contributed by atoms with E-state index >= 15 is 0 Å². The Balaban J connectivity index is 1.56. The van der Waals surface area contributed by atoms with Crippen molar-refractivity contribution in [2.75, 3.05) is 44.2 Å². The molecule has 4 heterocycles. The minimum Gasteiger partial charge on any atom is -0.342 e. The van der Waals surface area contributed by atoms with Crippen molar-refractivity contribution in [3.8, 4) is 0 Å². The third-order valence-electron chi connectivity index (χ3n) is 5.68. The normalized spacial score (nSPS) is 31.0. The number of fused-ring (bicyclic) bond motifs is 1. The molecule has 0 aliphatic carbocycles. The van der Waals surface area contributed by atoms with Crippen LogP contribution in [0.5, 0.6) is 0 Å². The minimum absolute atomic E-state index is 0.288. The molecular formula is C17H25N5O. The first-order chi connectivity index (χ1) is 11.3. The maximum Gasteiger partial charge on any atom is 0.232 e. The van der Waals surface area contributed by atoms with Crippen molar-refractivity contribution in [1.29, 1.82) is 0 Å². The van der Waals surface area contributed by atoms with Crippen LogP contribution in [0.15, 0.2) is 18.5 Å². The van der Waals surface area contributed by atoms with Gasteiger partial charge < -0.3 is 15.1 Å². The highest BCUT2D eigenvalue weighted by atomic mass is 16.2. The Hall–Kier alpha value is -1.69. The van der Waals surface area contributed by atoms with Gasteiger partial charge >= 0.3 is 0 Å². The molecular weight excluding hydrogens is 290 g/mol. The van der Waals surface area contributed by atoms with Gasteiger partial charge in [0.25, 0.3) is 0 Å². The Labute approximate surface area is 137 Å². The van der Waals surface area contributed by atoms with Crippen LogP contribution >= 0.6 is 0 Å². The van der Waals surface area contributed by atoms with E-state index in [1.54, 1.807) is 12.4 Å².